The van der Waals surface area contributed by atoms with Crippen LogP contribution in [0.4, 0.5) is 32.4 Å². The zero-order valence-electron chi connectivity index (χ0n) is 18.0. The maximum absolute atomic E-state index is 14.9. The van der Waals surface area contributed by atoms with Crippen molar-refractivity contribution >= 4 is 17.6 Å². The normalized spacial score (nSPS) is 20.2. The van der Waals surface area contributed by atoms with Crippen molar-refractivity contribution in [1.29, 1.82) is 0 Å². The third kappa shape index (κ3) is 4.10. The van der Waals surface area contributed by atoms with Gasteiger partial charge in [0.2, 0.25) is 5.91 Å². The molecule has 10 heteroatoms. The van der Waals surface area contributed by atoms with Crippen molar-refractivity contribution in [2.45, 2.75) is 18.6 Å². The molecule has 178 valence electrons. The highest BCUT2D eigenvalue weighted by molar-refractivity contribution is 6.17. The summed E-state index contributed by atoms with van der Waals surface area (Å²) in [5.41, 5.74) is -4.19. The van der Waals surface area contributed by atoms with Crippen LogP contribution < -0.4 is 10.2 Å². The Morgan fingerprint density at radius 3 is 2.17 bits per heavy atom. The third-order valence-corrected chi connectivity index (χ3v) is 5.68. The van der Waals surface area contributed by atoms with Gasteiger partial charge in [0.05, 0.1) is 5.92 Å². The number of benzene rings is 2. The van der Waals surface area contributed by atoms with E-state index in [1.165, 1.54) is 30.6 Å². The van der Waals surface area contributed by atoms with Gasteiger partial charge in [0, 0.05) is 23.5 Å². The van der Waals surface area contributed by atoms with Crippen LogP contribution in [0.5, 0.6) is 0 Å². The Kier molecular flexibility index (Phi) is 6.03. The molecule has 4 rings (SSSR count). The van der Waals surface area contributed by atoms with E-state index in [-0.39, 0.29) is 16.0 Å². The molecular formula is C25H16F5N3O2. The number of imide groups is 1. The molecule has 1 aliphatic heterocycles. The van der Waals surface area contributed by atoms with Gasteiger partial charge in [-0.1, -0.05) is 49.1 Å². The van der Waals surface area contributed by atoms with E-state index in [0.717, 1.165) is 31.2 Å². The van der Waals surface area contributed by atoms with E-state index in [9.17, 15) is 31.5 Å². The summed E-state index contributed by atoms with van der Waals surface area (Å²) >= 11 is 0. The van der Waals surface area contributed by atoms with Crippen LogP contribution in [0.3, 0.4) is 0 Å². The number of urea groups is 1. The summed E-state index contributed by atoms with van der Waals surface area (Å²) in [7, 11) is 0. The first kappa shape index (κ1) is 23.9. The van der Waals surface area contributed by atoms with Crippen molar-refractivity contribution in [3.05, 3.63) is 95.3 Å². The Morgan fingerprint density at radius 1 is 0.971 bits per heavy atom. The van der Waals surface area contributed by atoms with Crippen molar-refractivity contribution in [3.8, 4) is 11.8 Å². The van der Waals surface area contributed by atoms with Gasteiger partial charge in [-0.2, -0.15) is 13.2 Å². The van der Waals surface area contributed by atoms with Crippen LogP contribution in [0, 0.1) is 29.4 Å². The zero-order chi connectivity index (χ0) is 25.4. The summed E-state index contributed by atoms with van der Waals surface area (Å²) < 4.78 is 72.7. The fraction of sp³-hybridized carbons (Fsp3) is 0.160. The van der Waals surface area contributed by atoms with E-state index in [2.05, 4.69) is 16.8 Å². The maximum Gasteiger partial charge on any atom is 0.416 e. The Hall–Kier alpha value is -4.26. The molecule has 1 N–H and O–H groups in total. The first-order chi connectivity index (χ1) is 16.6. The highest BCUT2D eigenvalue weighted by Gasteiger charge is 2.66. The number of anilines is 1. The van der Waals surface area contributed by atoms with Crippen LogP contribution in [-0.4, -0.2) is 23.1 Å². The highest BCUT2D eigenvalue weighted by Crippen LogP contribution is 2.48. The Morgan fingerprint density at radius 2 is 1.60 bits per heavy atom. The fourth-order valence-corrected chi connectivity index (χ4v) is 3.96. The number of pyridine rings is 1. The number of nitrogens with one attached hydrogen (secondary N) is 1. The van der Waals surface area contributed by atoms with Gasteiger partial charge in [0.25, 0.3) is 0 Å². The number of carbonyl (C=O) groups is 2. The largest absolute Gasteiger partial charge is 0.416 e. The van der Waals surface area contributed by atoms with E-state index < -0.39 is 46.9 Å². The third-order valence-electron chi connectivity index (χ3n) is 5.68. The zero-order valence-corrected chi connectivity index (χ0v) is 18.0. The van der Waals surface area contributed by atoms with Gasteiger partial charge in [0.15, 0.2) is 17.2 Å². The molecule has 2 atom stereocenters. The Balaban J connectivity index is 1.74. The second-order valence-corrected chi connectivity index (χ2v) is 7.78. The van der Waals surface area contributed by atoms with Crippen molar-refractivity contribution in [2.75, 3.05) is 4.90 Å². The SMILES string of the molecule is CC1C(=O)N(c2c(F)cc(C#Cc3cccnc3)cc2F)C(=O)NC1(c1ccccc1)C(F)(F)F. The summed E-state index contributed by atoms with van der Waals surface area (Å²) in [6, 6.07) is 9.55. The lowest BCUT2D eigenvalue weighted by atomic mass is 9.76. The van der Waals surface area contributed by atoms with Crippen molar-refractivity contribution in [1.82, 2.24) is 10.3 Å². The number of nitrogens with zero attached hydrogens (tertiary/aromatic N) is 2. The van der Waals surface area contributed by atoms with E-state index in [0.29, 0.717) is 5.56 Å². The van der Waals surface area contributed by atoms with Crippen LogP contribution in [-0.2, 0) is 10.3 Å². The summed E-state index contributed by atoms with van der Waals surface area (Å²) in [6.45, 7) is 0.943. The number of alkyl halides is 3. The fourth-order valence-electron chi connectivity index (χ4n) is 3.96. The molecule has 2 heterocycles. The van der Waals surface area contributed by atoms with Gasteiger partial charge in [-0.25, -0.2) is 18.5 Å². The van der Waals surface area contributed by atoms with E-state index in [1.807, 2.05) is 0 Å². The van der Waals surface area contributed by atoms with Gasteiger partial charge in [0.1, 0.15) is 5.69 Å². The summed E-state index contributed by atoms with van der Waals surface area (Å²) in [6.07, 6.45) is -2.13. The molecular weight excluding hydrogens is 469 g/mol. The molecule has 3 amide bonds. The van der Waals surface area contributed by atoms with E-state index in [4.69, 9.17) is 0 Å². The standard InChI is InChI=1S/C25H16F5N3O2/c1-15-22(34)33(23(35)32-24(15,25(28,29)30)18-7-3-2-4-8-18)21-19(26)12-17(13-20(21)27)10-9-16-6-5-11-31-14-16/h2-8,11-15H,1H3,(H,32,35). The second-order valence-electron chi connectivity index (χ2n) is 7.78. The number of carbonyl (C=O) groups excluding carboxylic acids is 2. The summed E-state index contributed by atoms with van der Waals surface area (Å²) in [5.74, 6) is -0.839. The van der Waals surface area contributed by atoms with Crippen LogP contribution in [0.1, 0.15) is 23.6 Å². The van der Waals surface area contributed by atoms with Gasteiger partial charge in [-0.3, -0.25) is 9.78 Å². The van der Waals surface area contributed by atoms with Gasteiger partial charge in [-0.05, 0) is 29.8 Å². The van der Waals surface area contributed by atoms with Crippen molar-refractivity contribution < 1.29 is 31.5 Å². The minimum absolute atomic E-state index is 0.0561. The minimum atomic E-state index is -5.09. The molecule has 1 aromatic heterocycles. The lowest BCUT2D eigenvalue weighted by Gasteiger charge is -2.46. The topological polar surface area (TPSA) is 62.3 Å². The molecule has 35 heavy (non-hydrogen) atoms. The van der Waals surface area contributed by atoms with Gasteiger partial charge < -0.3 is 5.32 Å². The number of amides is 3. The quantitative estimate of drug-likeness (QED) is 0.415. The van der Waals surface area contributed by atoms with E-state index in [1.54, 1.807) is 17.4 Å². The Bertz CT molecular complexity index is 1330. The molecule has 0 aliphatic carbocycles. The first-order valence-corrected chi connectivity index (χ1v) is 10.3. The average molecular weight is 485 g/mol. The molecule has 0 spiro atoms. The monoisotopic (exact) mass is 485 g/mol. The highest BCUT2D eigenvalue weighted by atomic mass is 19.4. The lowest BCUT2D eigenvalue weighted by molar-refractivity contribution is -0.214. The number of aromatic nitrogens is 1. The lowest BCUT2D eigenvalue weighted by Crippen LogP contribution is -2.70. The first-order valence-electron chi connectivity index (χ1n) is 10.3. The number of halogens is 5. The summed E-state index contributed by atoms with van der Waals surface area (Å²) in [4.78, 5) is 29.8. The van der Waals surface area contributed by atoms with Crippen LogP contribution in [0.15, 0.2) is 67.0 Å². The molecule has 2 unspecified atom stereocenters. The number of rotatable bonds is 2. The number of hydrogen-bond donors (Lipinski definition) is 1. The predicted octanol–water partition coefficient (Wildman–Crippen LogP) is 4.91. The van der Waals surface area contributed by atoms with Crippen LogP contribution >= 0.6 is 0 Å². The minimum Gasteiger partial charge on any atom is -0.318 e. The molecule has 5 nitrogen and oxygen atoms in total. The van der Waals surface area contributed by atoms with E-state index >= 15 is 0 Å². The molecule has 0 radical (unpaired) electrons. The smallest absolute Gasteiger partial charge is 0.318 e. The molecule has 0 saturated carbocycles. The average Bonchev–Trinajstić information content (AvgIpc) is 2.82. The van der Waals surface area contributed by atoms with Gasteiger partial charge in [-0.15, -0.1) is 0 Å². The maximum atomic E-state index is 14.9. The number of hydrogen-bond acceptors (Lipinski definition) is 3. The molecule has 3 aromatic rings. The molecule has 1 saturated heterocycles. The van der Waals surface area contributed by atoms with Crippen molar-refractivity contribution in [2.24, 2.45) is 5.92 Å². The molecule has 2 aromatic carbocycles. The van der Waals surface area contributed by atoms with Crippen molar-refractivity contribution in [3.63, 3.8) is 0 Å². The molecule has 1 fully saturated rings. The predicted molar refractivity (Wildman–Crippen MR) is 116 cm³/mol. The van der Waals surface area contributed by atoms with Crippen LogP contribution in [0.2, 0.25) is 0 Å². The molecule has 0 bridgehead atoms. The molecule has 1 aliphatic rings. The second kappa shape index (κ2) is 8.83. The van der Waals surface area contributed by atoms with Gasteiger partial charge >= 0.3 is 12.2 Å². The van der Waals surface area contributed by atoms with Crippen LogP contribution in [0.25, 0.3) is 0 Å². The Labute approximate surface area is 196 Å². The summed E-state index contributed by atoms with van der Waals surface area (Å²) in [5, 5.41) is 1.80.